The standard InChI is InChI=1S/C14H19BrN2O2/c1-17(14(18)12-4-3-7-16-12)9-10-8-11(15)5-6-13(10)19-2/h5-6,8,12,16H,3-4,7,9H2,1-2H3/t12-/m0/s1. The van der Waals surface area contributed by atoms with Crippen molar-refractivity contribution < 1.29 is 9.53 Å². The van der Waals surface area contributed by atoms with E-state index < -0.39 is 0 Å². The highest BCUT2D eigenvalue weighted by molar-refractivity contribution is 9.10. The summed E-state index contributed by atoms with van der Waals surface area (Å²) in [6, 6.07) is 5.81. The van der Waals surface area contributed by atoms with E-state index in [0.717, 1.165) is 35.2 Å². The molecule has 1 aromatic carbocycles. The number of likely N-dealkylation sites (N-methyl/N-ethyl adjacent to an activating group) is 1. The fourth-order valence-corrected chi connectivity index (χ4v) is 2.77. The Morgan fingerprint density at radius 1 is 1.58 bits per heavy atom. The van der Waals surface area contributed by atoms with Crippen molar-refractivity contribution in [3.8, 4) is 5.75 Å². The predicted molar refractivity (Wildman–Crippen MR) is 78.2 cm³/mol. The van der Waals surface area contributed by atoms with Gasteiger partial charge >= 0.3 is 0 Å². The Kier molecular flexibility index (Phi) is 4.82. The monoisotopic (exact) mass is 326 g/mol. The largest absolute Gasteiger partial charge is 0.496 e. The second kappa shape index (κ2) is 6.39. The molecule has 1 aliphatic heterocycles. The average molecular weight is 327 g/mol. The smallest absolute Gasteiger partial charge is 0.239 e. The van der Waals surface area contributed by atoms with E-state index in [4.69, 9.17) is 4.74 Å². The van der Waals surface area contributed by atoms with Crippen LogP contribution in [0.4, 0.5) is 0 Å². The van der Waals surface area contributed by atoms with Crippen LogP contribution in [0.5, 0.6) is 5.75 Å². The van der Waals surface area contributed by atoms with Crippen molar-refractivity contribution in [1.29, 1.82) is 0 Å². The number of ether oxygens (including phenoxy) is 1. The minimum Gasteiger partial charge on any atom is -0.496 e. The number of carbonyl (C=O) groups is 1. The molecule has 1 saturated heterocycles. The highest BCUT2D eigenvalue weighted by Gasteiger charge is 2.25. The summed E-state index contributed by atoms with van der Waals surface area (Å²) in [6.45, 7) is 1.49. The Bertz CT molecular complexity index is 459. The van der Waals surface area contributed by atoms with Gasteiger partial charge < -0.3 is 15.0 Å². The molecular weight excluding hydrogens is 308 g/mol. The molecular formula is C14H19BrN2O2. The molecule has 1 aromatic rings. The molecule has 0 aliphatic carbocycles. The van der Waals surface area contributed by atoms with Gasteiger partial charge in [-0.1, -0.05) is 15.9 Å². The van der Waals surface area contributed by atoms with Gasteiger partial charge in [0, 0.05) is 23.6 Å². The number of hydrogen-bond donors (Lipinski definition) is 1. The molecule has 0 radical (unpaired) electrons. The van der Waals surface area contributed by atoms with Gasteiger partial charge in [-0.15, -0.1) is 0 Å². The molecule has 1 aliphatic rings. The Labute approximate surface area is 122 Å². The third-order valence-electron chi connectivity index (χ3n) is 3.38. The van der Waals surface area contributed by atoms with E-state index in [9.17, 15) is 4.79 Å². The number of carbonyl (C=O) groups excluding carboxylic acids is 1. The average Bonchev–Trinajstić information content (AvgIpc) is 2.92. The first-order valence-corrected chi connectivity index (χ1v) is 7.22. The zero-order valence-electron chi connectivity index (χ0n) is 11.3. The molecule has 2 rings (SSSR count). The maximum Gasteiger partial charge on any atom is 0.239 e. The van der Waals surface area contributed by atoms with Gasteiger partial charge in [0.1, 0.15) is 5.75 Å². The van der Waals surface area contributed by atoms with Gasteiger partial charge in [0.15, 0.2) is 0 Å². The van der Waals surface area contributed by atoms with E-state index in [1.165, 1.54) is 0 Å². The predicted octanol–water partition coefficient (Wildman–Crippen LogP) is 2.17. The highest BCUT2D eigenvalue weighted by atomic mass is 79.9. The molecule has 1 N–H and O–H groups in total. The Hall–Kier alpha value is -1.07. The summed E-state index contributed by atoms with van der Waals surface area (Å²) in [5.41, 5.74) is 1.01. The fraction of sp³-hybridized carbons (Fsp3) is 0.500. The normalized spacial score (nSPS) is 18.4. The fourth-order valence-electron chi connectivity index (χ4n) is 2.37. The molecule has 0 aromatic heterocycles. The quantitative estimate of drug-likeness (QED) is 0.922. The summed E-state index contributed by atoms with van der Waals surface area (Å²) in [6.07, 6.45) is 2.00. The third-order valence-corrected chi connectivity index (χ3v) is 3.88. The van der Waals surface area contributed by atoms with Crippen molar-refractivity contribution in [2.24, 2.45) is 0 Å². The van der Waals surface area contributed by atoms with Crippen molar-refractivity contribution in [2.45, 2.75) is 25.4 Å². The summed E-state index contributed by atoms with van der Waals surface area (Å²) in [5.74, 6) is 0.960. The van der Waals surface area contributed by atoms with Gasteiger partial charge in [-0.25, -0.2) is 0 Å². The lowest BCUT2D eigenvalue weighted by molar-refractivity contribution is -0.132. The second-order valence-electron chi connectivity index (χ2n) is 4.80. The first-order chi connectivity index (χ1) is 9.11. The van der Waals surface area contributed by atoms with Gasteiger partial charge in [-0.05, 0) is 37.6 Å². The molecule has 4 nitrogen and oxygen atoms in total. The Morgan fingerprint density at radius 3 is 3.00 bits per heavy atom. The SMILES string of the molecule is COc1ccc(Br)cc1CN(C)C(=O)[C@@H]1CCCN1. The number of halogens is 1. The summed E-state index contributed by atoms with van der Waals surface area (Å²) in [5, 5.41) is 3.23. The van der Waals surface area contributed by atoms with Crippen molar-refractivity contribution >= 4 is 21.8 Å². The van der Waals surface area contributed by atoms with Crippen LogP contribution in [-0.4, -0.2) is 37.6 Å². The number of nitrogens with zero attached hydrogens (tertiary/aromatic N) is 1. The first-order valence-electron chi connectivity index (χ1n) is 6.42. The summed E-state index contributed by atoms with van der Waals surface area (Å²) >= 11 is 3.45. The lowest BCUT2D eigenvalue weighted by Gasteiger charge is -2.22. The number of benzene rings is 1. The summed E-state index contributed by atoms with van der Waals surface area (Å²) < 4.78 is 6.32. The number of methoxy groups -OCH3 is 1. The van der Waals surface area contributed by atoms with E-state index in [1.54, 1.807) is 12.0 Å². The zero-order chi connectivity index (χ0) is 13.8. The zero-order valence-corrected chi connectivity index (χ0v) is 12.9. The van der Waals surface area contributed by atoms with Gasteiger partial charge in [0.05, 0.1) is 13.2 Å². The van der Waals surface area contributed by atoms with Gasteiger partial charge in [0.2, 0.25) is 5.91 Å². The van der Waals surface area contributed by atoms with E-state index in [0.29, 0.717) is 6.54 Å². The molecule has 0 saturated carbocycles. The van der Waals surface area contributed by atoms with Gasteiger partial charge in [-0.3, -0.25) is 4.79 Å². The van der Waals surface area contributed by atoms with Crippen LogP contribution < -0.4 is 10.1 Å². The second-order valence-corrected chi connectivity index (χ2v) is 5.72. The van der Waals surface area contributed by atoms with Crippen molar-refractivity contribution in [3.63, 3.8) is 0 Å². The molecule has 0 bridgehead atoms. The minimum atomic E-state index is -0.0249. The lowest BCUT2D eigenvalue weighted by Crippen LogP contribution is -2.41. The minimum absolute atomic E-state index is 0.0249. The van der Waals surface area contributed by atoms with Crippen LogP contribution in [-0.2, 0) is 11.3 Å². The lowest BCUT2D eigenvalue weighted by atomic mass is 10.1. The van der Waals surface area contributed by atoms with Crippen molar-refractivity contribution in [1.82, 2.24) is 10.2 Å². The van der Waals surface area contributed by atoms with Crippen LogP contribution >= 0.6 is 15.9 Å². The van der Waals surface area contributed by atoms with Crippen LogP contribution in [0.1, 0.15) is 18.4 Å². The van der Waals surface area contributed by atoms with E-state index in [1.807, 2.05) is 25.2 Å². The maximum absolute atomic E-state index is 12.2. The number of hydrogen-bond acceptors (Lipinski definition) is 3. The molecule has 0 unspecified atom stereocenters. The van der Waals surface area contributed by atoms with Gasteiger partial charge in [-0.2, -0.15) is 0 Å². The van der Waals surface area contributed by atoms with Crippen molar-refractivity contribution in [3.05, 3.63) is 28.2 Å². The molecule has 19 heavy (non-hydrogen) atoms. The van der Waals surface area contributed by atoms with Crippen LogP contribution in [0, 0.1) is 0 Å². The highest BCUT2D eigenvalue weighted by Crippen LogP contribution is 2.24. The Morgan fingerprint density at radius 2 is 2.37 bits per heavy atom. The summed E-state index contributed by atoms with van der Waals surface area (Å²) in [7, 11) is 3.48. The molecule has 5 heteroatoms. The molecule has 1 fully saturated rings. The van der Waals surface area contributed by atoms with Crippen LogP contribution in [0.2, 0.25) is 0 Å². The molecule has 0 spiro atoms. The van der Waals surface area contributed by atoms with Crippen LogP contribution in [0.25, 0.3) is 0 Å². The number of nitrogens with one attached hydrogen (secondary N) is 1. The van der Waals surface area contributed by atoms with Crippen molar-refractivity contribution in [2.75, 3.05) is 20.7 Å². The van der Waals surface area contributed by atoms with E-state index in [2.05, 4.69) is 21.2 Å². The number of rotatable bonds is 4. The molecule has 1 atom stereocenters. The molecule has 104 valence electrons. The van der Waals surface area contributed by atoms with Crippen LogP contribution in [0.15, 0.2) is 22.7 Å². The first kappa shape index (κ1) is 14.3. The van der Waals surface area contributed by atoms with Gasteiger partial charge in [0.25, 0.3) is 0 Å². The van der Waals surface area contributed by atoms with E-state index >= 15 is 0 Å². The van der Waals surface area contributed by atoms with E-state index in [-0.39, 0.29) is 11.9 Å². The molecule has 1 heterocycles. The topological polar surface area (TPSA) is 41.6 Å². The van der Waals surface area contributed by atoms with Crippen LogP contribution in [0.3, 0.4) is 0 Å². The third kappa shape index (κ3) is 3.48. The summed E-state index contributed by atoms with van der Waals surface area (Å²) in [4.78, 5) is 14.0. The molecule has 1 amide bonds. The maximum atomic E-state index is 12.2. The Balaban J connectivity index is 2.07. The number of amides is 1.